The summed E-state index contributed by atoms with van der Waals surface area (Å²) in [5.74, 6) is 0.712. The summed E-state index contributed by atoms with van der Waals surface area (Å²) < 4.78 is 0. The van der Waals surface area contributed by atoms with Crippen LogP contribution in [0, 0.1) is 5.92 Å². The molecule has 1 rings (SSSR count). The third kappa shape index (κ3) is 6.22. The molecule has 1 unspecified atom stereocenters. The monoisotopic (exact) mass is 262 g/mol. The number of rotatable bonds is 7. The van der Waals surface area contributed by atoms with Gasteiger partial charge in [-0.3, -0.25) is 0 Å². The van der Waals surface area contributed by atoms with Crippen LogP contribution in [0.25, 0.3) is 0 Å². The maximum atomic E-state index is 6.07. The van der Waals surface area contributed by atoms with Crippen molar-refractivity contribution in [1.82, 2.24) is 5.32 Å². The van der Waals surface area contributed by atoms with Crippen molar-refractivity contribution in [3.05, 3.63) is 35.4 Å². The van der Waals surface area contributed by atoms with Crippen LogP contribution in [-0.2, 0) is 6.42 Å². The lowest BCUT2D eigenvalue weighted by atomic mass is 9.92. The van der Waals surface area contributed by atoms with E-state index in [4.69, 9.17) is 5.73 Å². The van der Waals surface area contributed by atoms with Crippen LogP contribution in [0.4, 0.5) is 0 Å². The highest BCUT2D eigenvalue weighted by Crippen LogP contribution is 2.22. The zero-order chi connectivity index (χ0) is 14.5. The topological polar surface area (TPSA) is 38.0 Å². The average molecular weight is 262 g/mol. The first kappa shape index (κ1) is 16.2. The molecule has 0 aromatic heterocycles. The second kappa shape index (κ2) is 7.06. The molecule has 0 aliphatic carbocycles. The molecule has 0 bridgehead atoms. The Bertz CT molecular complexity index is 360. The van der Waals surface area contributed by atoms with Gasteiger partial charge >= 0.3 is 0 Å². The Morgan fingerprint density at radius 2 is 1.74 bits per heavy atom. The van der Waals surface area contributed by atoms with Crippen LogP contribution >= 0.6 is 0 Å². The molecule has 0 radical (unpaired) electrons. The number of nitrogens with one attached hydrogen (secondary N) is 1. The maximum absolute atomic E-state index is 6.07. The molecule has 0 aliphatic heterocycles. The van der Waals surface area contributed by atoms with Gasteiger partial charge in [0.05, 0.1) is 0 Å². The molecule has 1 atom stereocenters. The van der Waals surface area contributed by atoms with Crippen molar-refractivity contribution in [1.29, 1.82) is 0 Å². The molecule has 1 aromatic carbocycles. The largest absolute Gasteiger partial charge is 0.326 e. The summed E-state index contributed by atoms with van der Waals surface area (Å²) in [6.45, 7) is 8.69. The van der Waals surface area contributed by atoms with Gasteiger partial charge in [0.25, 0.3) is 0 Å². The van der Waals surface area contributed by atoms with Crippen LogP contribution in [0.1, 0.15) is 57.7 Å². The Kier molecular flexibility index (Phi) is 6.02. The third-order valence-corrected chi connectivity index (χ3v) is 3.45. The van der Waals surface area contributed by atoms with E-state index < -0.39 is 0 Å². The Morgan fingerprint density at radius 3 is 2.16 bits per heavy atom. The van der Waals surface area contributed by atoms with E-state index in [2.05, 4.69) is 57.3 Å². The van der Waals surface area contributed by atoms with Crippen molar-refractivity contribution in [3.63, 3.8) is 0 Å². The summed E-state index contributed by atoms with van der Waals surface area (Å²) in [5.41, 5.74) is 8.76. The summed E-state index contributed by atoms with van der Waals surface area (Å²) in [7, 11) is 2.02. The van der Waals surface area contributed by atoms with Crippen molar-refractivity contribution in [3.8, 4) is 0 Å². The van der Waals surface area contributed by atoms with E-state index in [-0.39, 0.29) is 5.54 Å². The summed E-state index contributed by atoms with van der Waals surface area (Å²) in [6, 6.07) is 9.42. The molecule has 2 heteroatoms. The molecular formula is C17H30N2. The van der Waals surface area contributed by atoms with Crippen molar-refractivity contribution in [2.45, 2.75) is 58.5 Å². The molecule has 0 fully saturated rings. The Morgan fingerprint density at radius 1 is 1.16 bits per heavy atom. The lowest BCUT2D eigenvalue weighted by Crippen LogP contribution is -2.33. The normalized spacial score (nSPS) is 13.8. The van der Waals surface area contributed by atoms with Crippen LogP contribution in [0.5, 0.6) is 0 Å². The van der Waals surface area contributed by atoms with Crippen LogP contribution in [0.3, 0.4) is 0 Å². The van der Waals surface area contributed by atoms with E-state index in [1.165, 1.54) is 11.1 Å². The van der Waals surface area contributed by atoms with E-state index in [1.54, 1.807) is 0 Å². The fourth-order valence-electron chi connectivity index (χ4n) is 2.35. The third-order valence-electron chi connectivity index (χ3n) is 3.45. The first-order valence-corrected chi connectivity index (χ1v) is 7.37. The summed E-state index contributed by atoms with van der Waals surface area (Å²) in [4.78, 5) is 0. The van der Waals surface area contributed by atoms with Gasteiger partial charge in [-0.15, -0.1) is 0 Å². The van der Waals surface area contributed by atoms with E-state index in [0.29, 0.717) is 12.0 Å². The van der Waals surface area contributed by atoms with Gasteiger partial charge in [-0.05, 0) is 57.2 Å². The molecule has 0 saturated carbocycles. The fourth-order valence-corrected chi connectivity index (χ4v) is 2.35. The van der Waals surface area contributed by atoms with Gasteiger partial charge in [0.15, 0.2) is 0 Å². The molecular weight excluding hydrogens is 232 g/mol. The van der Waals surface area contributed by atoms with Gasteiger partial charge in [-0.1, -0.05) is 38.1 Å². The lowest BCUT2D eigenvalue weighted by Gasteiger charge is -2.23. The molecule has 0 amide bonds. The molecule has 3 N–H and O–H groups in total. The van der Waals surface area contributed by atoms with E-state index in [1.807, 2.05) is 7.05 Å². The molecule has 0 spiro atoms. The van der Waals surface area contributed by atoms with Crippen LogP contribution in [0.2, 0.25) is 0 Å². The minimum atomic E-state index is -0.0906. The highest BCUT2D eigenvalue weighted by molar-refractivity contribution is 5.25. The first-order valence-electron chi connectivity index (χ1n) is 7.37. The minimum Gasteiger partial charge on any atom is -0.326 e. The minimum absolute atomic E-state index is 0.0906. The molecule has 108 valence electrons. The summed E-state index contributed by atoms with van der Waals surface area (Å²) in [6.07, 6.45) is 3.25. The first-order chi connectivity index (χ1) is 8.81. The molecule has 2 nitrogen and oxygen atoms in total. The van der Waals surface area contributed by atoms with Gasteiger partial charge < -0.3 is 11.1 Å². The lowest BCUT2D eigenvalue weighted by molar-refractivity contribution is 0.411. The molecule has 0 saturated heterocycles. The number of benzene rings is 1. The van der Waals surface area contributed by atoms with Crippen molar-refractivity contribution < 1.29 is 0 Å². The number of hydrogen-bond acceptors (Lipinski definition) is 2. The van der Waals surface area contributed by atoms with Crippen molar-refractivity contribution in [2.75, 3.05) is 7.05 Å². The Labute approximate surface area is 118 Å². The van der Waals surface area contributed by atoms with Gasteiger partial charge in [0.1, 0.15) is 0 Å². The molecule has 0 aliphatic rings. The molecule has 1 aromatic rings. The highest BCUT2D eigenvalue weighted by Gasteiger charge is 2.15. The van der Waals surface area contributed by atoms with Gasteiger partial charge in [-0.2, -0.15) is 0 Å². The van der Waals surface area contributed by atoms with Crippen LogP contribution in [0.15, 0.2) is 24.3 Å². The second-order valence-corrected chi connectivity index (χ2v) is 6.71. The van der Waals surface area contributed by atoms with E-state index in [9.17, 15) is 0 Å². The molecule has 19 heavy (non-hydrogen) atoms. The summed E-state index contributed by atoms with van der Waals surface area (Å²) in [5, 5.41) is 3.40. The Balaban J connectivity index is 2.66. The zero-order valence-electron chi connectivity index (χ0n) is 13.2. The zero-order valence-corrected chi connectivity index (χ0v) is 13.2. The fraction of sp³-hybridized carbons (Fsp3) is 0.647. The smallest absolute Gasteiger partial charge is 0.0318 e. The van der Waals surface area contributed by atoms with Gasteiger partial charge in [0.2, 0.25) is 0 Å². The average Bonchev–Trinajstić information content (AvgIpc) is 2.29. The van der Waals surface area contributed by atoms with Gasteiger partial charge in [0, 0.05) is 11.6 Å². The highest BCUT2D eigenvalue weighted by atomic mass is 14.9. The number of hydrogen-bond donors (Lipinski definition) is 2. The number of nitrogens with two attached hydrogens (primary N) is 1. The predicted molar refractivity (Wildman–Crippen MR) is 84.3 cm³/mol. The quantitative estimate of drug-likeness (QED) is 0.787. The van der Waals surface area contributed by atoms with E-state index >= 15 is 0 Å². The van der Waals surface area contributed by atoms with Crippen LogP contribution in [-0.4, -0.2) is 12.6 Å². The van der Waals surface area contributed by atoms with Crippen molar-refractivity contribution >= 4 is 0 Å². The van der Waals surface area contributed by atoms with Crippen molar-refractivity contribution in [2.24, 2.45) is 11.7 Å². The van der Waals surface area contributed by atoms with Crippen LogP contribution < -0.4 is 11.1 Å². The Hall–Kier alpha value is -0.860. The maximum Gasteiger partial charge on any atom is 0.0318 e. The standard InChI is InChI=1S/C17H30N2/c1-13(2)12-14-6-8-15(9-7-14)16(19-5)10-11-17(3,4)18/h6-9,13,16,19H,10-12,18H2,1-5H3. The van der Waals surface area contributed by atoms with Gasteiger partial charge in [-0.25, -0.2) is 0 Å². The van der Waals surface area contributed by atoms with E-state index in [0.717, 1.165) is 19.3 Å². The predicted octanol–water partition coefficient (Wildman–Crippen LogP) is 3.66. The molecule has 0 heterocycles. The summed E-state index contributed by atoms with van der Waals surface area (Å²) >= 11 is 0. The SMILES string of the molecule is CNC(CCC(C)(C)N)c1ccc(CC(C)C)cc1. The second-order valence-electron chi connectivity index (χ2n) is 6.71.